The van der Waals surface area contributed by atoms with Crippen LogP contribution in [0.2, 0.25) is 0 Å². The summed E-state index contributed by atoms with van der Waals surface area (Å²) in [6.07, 6.45) is 8.51. The lowest BCUT2D eigenvalue weighted by molar-refractivity contribution is -0.457. The quantitative estimate of drug-likeness (QED) is 0.457. The molecule has 0 spiro atoms. The van der Waals surface area contributed by atoms with Crippen LogP contribution in [0.4, 0.5) is 0 Å². The second-order valence-electron chi connectivity index (χ2n) is 2.40. The third-order valence-corrected chi connectivity index (χ3v) is 1.69. The van der Waals surface area contributed by atoms with Crippen LogP contribution >= 0.6 is 0 Å². The molecule has 0 aromatic carbocycles. The van der Waals surface area contributed by atoms with Gasteiger partial charge in [-0.2, -0.15) is 0 Å². The fourth-order valence-electron chi connectivity index (χ4n) is 1.18. The largest absolute Gasteiger partial charge is 0.194 e. The first-order valence-electron chi connectivity index (χ1n) is 3.50. The van der Waals surface area contributed by atoms with E-state index >= 15 is 0 Å². The molecule has 1 aromatic rings. The number of aromatic amines is 1. The summed E-state index contributed by atoms with van der Waals surface area (Å²) in [4.78, 5) is 0. The fourth-order valence-corrected chi connectivity index (χ4v) is 1.18. The minimum absolute atomic E-state index is 1.09. The van der Waals surface area contributed by atoms with E-state index in [0.29, 0.717) is 0 Å². The van der Waals surface area contributed by atoms with Crippen LogP contribution in [0.5, 0.6) is 0 Å². The lowest BCUT2D eigenvalue weighted by Crippen LogP contribution is -2.35. The average Bonchev–Trinajstić information content (AvgIpc) is 2.05. The van der Waals surface area contributed by atoms with E-state index < -0.39 is 0 Å². The van der Waals surface area contributed by atoms with Crippen molar-refractivity contribution in [1.82, 2.24) is 5.10 Å². The maximum atomic E-state index is 4.11. The number of hydrogen-bond acceptors (Lipinski definition) is 1. The third-order valence-electron chi connectivity index (χ3n) is 1.69. The van der Waals surface area contributed by atoms with Crippen molar-refractivity contribution < 1.29 is 5.10 Å². The summed E-state index contributed by atoms with van der Waals surface area (Å²) in [6, 6.07) is 2.05. The highest BCUT2D eigenvalue weighted by atomic mass is 15.1. The molecule has 0 fully saturated rings. The molecule has 1 aliphatic rings. The molecule has 0 aliphatic heterocycles. The molecule has 0 amide bonds. The third kappa shape index (κ3) is 0.817. The smallest absolute Gasteiger partial charge is 0.106 e. The van der Waals surface area contributed by atoms with Crippen molar-refractivity contribution in [2.45, 2.75) is 12.8 Å². The molecule has 0 unspecified atom stereocenters. The minimum atomic E-state index is 1.09. The lowest BCUT2D eigenvalue weighted by Gasteiger charge is -1.92. The molecule has 1 aliphatic carbocycles. The van der Waals surface area contributed by atoms with Crippen molar-refractivity contribution >= 4 is 12.2 Å². The van der Waals surface area contributed by atoms with Crippen molar-refractivity contribution in [2.24, 2.45) is 0 Å². The van der Waals surface area contributed by atoms with Gasteiger partial charge < -0.3 is 0 Å². The Bertz CT molecular complexity index is 306. The van der Waals surface area contributed by atoms with E-state index in [2.05, 4.69) is 28.4 Å². The summed E-state index contributed by atoms with van der Waals surface area (Å²) in [5, 5.41) is 9.27. The van der Waals surface area contributed by atoms with Crippen LogP contribution in [0, 0.1) is 0 Å². The Hall–Kier alpha value is -1.18. The van der Waals surface area contributed by atoms with E-state index in [9.17, 15) is 0 Å². The highest BCUT2D eigenvalue weighted by Crippen LogP contribution is 1.91. The zero-order valence-corrected chi connectivity index (χ0v) is 5.67. The molecule has 10 heavy (non-hydrogen) atoms. The normalized spacial score (nSPS) is 14.8. The van der Waals surface area contributed by atoms with E-state index in [0.717, 1.165) is 18.2 Å². The van der Waals surface area contributed by atoms with Gasteiger partial charge in [-0.15, -0.1) is 5.10 Å². The summed E-state index contributed by atoms with van der Waals surface area (Å²) in [5.41, 5.74) is 0. The van der Waals surface area contributed by atoms with Gasteiger partial charge in [0.25, 0.3) is 0 Å². The van der Waals surface area contributed by atoms with E-state index in [1.165, 1.54) is 5.22 Å². The van der Waals surface area contributed by atoms with Crippen LogP contribution in [0.15, 0.2) is 12.3 Å². The van der Waals surface area contributed by atoms with Crippen LogP contribution < -0.4 is 15.7 Å². The van der Waals surface area contributed by atoms with Crippen LogP contribution in [0.25, 0.3) is 12.2 Å². The maximum absolute atomic E-state index is 4.11. The molecule has 50 valence electrons. The maximum Gasteiger partial charge on any atom is 0.194 e. The van der Waals surface area contributed by atoms with Crippen molar-refractivity contribution in [3.63, 3.8) is 0 Å². The molecule has 2 heteroatoms. The number of hydrogen-bond donors (Lipinski definition) is 0. The first-order chi connectivity index (χ1) is 4.97. The Morgan fingerprint density at radius 2 is 2.20 bits per heavy atom. The highest BCUT2D eigenvalue weighted by molar-refractivity contribution is 5.33. The van der Waals surface area contributed by atoms with E-state index in [-0.39, 0.29) is 0 Å². The summed E-state index contributed by atoms with van der Waals surface area (Å²) in [7, 11) is 0. The monoisotopic (exact) mass is 133 g/mol. The summed E-state index contributed by atoms with van der Waals surface area (Å²) in [6.45, 7) is 0. The van der Waals surface area contributed by atoms with Crippen LogP contribution in [0.1, 0.15) is 12.8 Å². The zero-order chi connectivity index (χ0) is 6.81. The number of rotatable bonds is 0. The minimum Gasteiger partial charge on any atom is -0.106 e. The van der Waals surface area contributed by atoms with Gasteiger partial charge in [0.05, 0.1) is 0 Å². The molecule has 1 N–H and O–H groups in total. The Morgan fingerprint density at radius 1 is 1.30 bits per heavy atom. The second-order valence-corrected chi connectivity index (χ2v) is 2.40. The van der Waals surface area contributed by atoms with Gasteiger partial charge in [0.2, 0.25) is 0 Å². The number of nitrogens with one attached hydrogen (secondary N) is 1. The van der Waals surface area contributed by atoms with Crippen LogP contribution in [-0.2, 0) is 0 Å². The lowest BCUT2D eigenvalue weighted by atomic mass is 10.1. The van der Waals surface area contributed by atoms with Crippen molar-refractivity contribution in [1.29, 1.82) is 0 Å². The van der Waals surface area contributed by atoms with E-state index in [1.54, 1.807) is 0 Å². The van der Waals surface area contributed by atoms with E-state index in [1.807, 2.05) is 6.20 Å². The van der Waals surface area contributed by atoms with Crippen molar-refractivity contribution in [2.75, 3.05) is 0 Å². The van der Waals surface area contributed by atoms with Gasteiger partial charge in [-0.25, -0.2) is 0 Å². The molecular weight excluding hydrogens is 124 g/mol. The Labute approximate surface area is 58.9 Å². The van der Waals surface area contributed by atoms with Crippen molar-refractivity contribution in [3.8, 4) is 0 Å². The number of fused-ring (bicyclic) bond motifs is 1. The number of H-pyrrole nitrogens is 1. The first kappa shape index (κ1) is 5.59. The van der Waals surface area contributed by atoms with Gasteiger partial charge in [0.1, 0.15) is 5.35 Å². The summed E-state index contributed by atoms with van der Waals surface area (Å²) >= 11 is 0. The van der Waals surface area contributed by atoms with Gasteiger partial charge in [0.15, 0.2) is 6.20 Å². The highest BCUT2D eigenvalue weighted by Gasteiger charge is 1.94. The molecule has 0 saturated carbocycles. The molecular formula is C8H9N2+. The predicted molar refractivity (Wildman–Crippen MR) is 38.2 cm³/mol. The molecule has 1 aromatic heterocycles. The van der Waals surface area contributed by atoms with Gasteiger partial charge in [-0.1, -0.05) is 12.2 Å². The Kier molecular flexibility index (Phi) is 1.24. The van der Waals surface area contributed by atoms with Crippen molar-refractivity contribution in [3.05, 3.63) is 22.8 Å². The predicted octanol–water partition coefficient (Wildman–Crippen LogP) is -0.750. The molecule has 2 nitrogen and oxygen atoms in total. The van der Waals surface area contributed by atoms with Gasteiger partial charge in [-0.05, 0) is 17.9 Å². The molecule has 0 atom stereocenters. The number of aromatic nitrogens is 2. The van der Waals surface area contributed by atoms with Crippen LogP contribution in [0.3, 0.4) is 0 Å². The SMILES string of the molecule is C1=c2cc[nH+]nc2=CCC1. The summed E-state index contributed by atoms with van der Waals surface area (Å²) < 4.78 is 0. The first-order valence-corrected chi connectivity index (χ1v) is 3.50. The van der Waals surface area contributed by atoms with Gasteiger partial charge in [0, 0.05) is 11.3 Å². The van der Waals surface area contributed by atoms with Gasteiger partial charge >= 0.3 is 0 Å². The Morgan fingerprint density at radius 3 is 3.10 bits per heavy atom. The molecule has 0 saturated heterocycles. The molecule has 0 radical (unpaired) electrons. The molecule has 0 bridgehead atoms. The Balaban J connectivity index is 2.84. The standard InChI is InChI=1S/C8H8N2/c1-2-4-8-7(3-1)5-6-9-10-8/h3-6H,1-2H2/p+1. The molecule has 2 rings (SSSR count). The number of nitrogens with zero attached hydrogens (tertiary/aromatic N) is 1. The van der Waals surface area contributed by atoms with Crippen LogP contribution in [-0.4, -0.2) is 5.10 Å². The fraction of sp³-hybridized carbons (Fsp3) is 0.250. The molecule has 1 heterocycles. The van der Waals surface area contributed by atoms with Gasteiger partial charge in [-0.3, -0.25) is 0 Å². The summed E-state index contributed by atoms with van der Waals surface area (Å²) in [5.74, 6) is 0. The van der Waals surface area contributed by atoms with E-state index in [4.69, 9.17) is 0 Å². The topological polar surface area (TPSA) is 27.0 Å². The zero-order valence-electron chi connectivity index (χ0n) is 5.67. The second kappa shape index (κ2) is 2.21. The average molecular weight is 133 g/mol.